The Morgan fingerprint density at radius 3 is 2.20 bits per heavy atom. The Labute approximate surface area is 115 Å². The average Bonchev–Trinajstić information content (AvgIpc) is 2.38. The molecule has 113 valence electrons. The van der Waals surface area contributed by atoms with Crippen LogP contribution in [0.25, 0.3) is 0 Å². The standard InChI is InChI=1S/C13H16F3O4/c1-8-5-6-9(13(14,15)16)11(20-7-17-2)10(8)12(18-3)19-4/h5-6,12H,1,7H2,2-4H3. The van der Waals surface area contributed by atoms with Crippen molar-refractivity contribution in [1.82, 2.24) is 0 Å². The molecule has 0 amide bonds. The van der Waals surface area contributed by atoms with Crippen molar-refractivity contribution < 1.29 is 32.1 Å². The molecule has 4 nitrogen and oxygen atoms in total. The van der Waals surface area contributed by atoms with Crippen LogP contribution in [0.1, 0.15) is 23.0 Å². The summed E-state index contributed by atoms with van der Waals surface area (Å²) >= 11 is 0. The second-order valence-corrected chi connectivity index (χ2v) is 3.87. The first-order chi connectivity index (χ1) is 9.36. The predicted octanol–water partition coefficient (Wildman–Crippen LogP) is 3.16. The van der Waals surface area contributed by atoms with Gasteiger partial charge in [-0.25, -0.2) is 0 Å². The van der Waals surface area contributed by atoms with Crippen LogP contribution in [0.2, 0.25) is 0 Å². The number of ether oxygens (including phenoxy) is 4. The van der Waals surface area contributed by atoms with Crippen LogP contribution < -0.4 is 4.74 Å². The number of hydrogen-bond donors (Lipinski definition) is 0. The minimum atomic E-state index is -4.57. The smallest absolute Gasteiger partial charge is 0.419 e. The molecule has 0 saturated carbocycles. The summed E-state index contributed by atoms with van der Waals surface area (Å²) in [6.45, 7) is 3.35. The highest BCUT2D eigenvalue weighted by Crippen LogP contribution is 2.42. The molecule has 7 heteroatoms. The first-order valence-corrected chi connectivity index (χ1v) is 5.60. The van der Waals surface area contributed by atoms with Gasteiger partial charge in [-0.3, -0.25) is 0 Å². The minimum Gasteiger partial charge on any atom is -0.466 e. The molecule has 0 aliphatic rings. The molecule has 0 aliphatic heterocycles. The maximum absolute atomic E-state index is 13.0. The van der Waals surface area contributed by atoms with E-state index < -0.39 is 23.8 Å². The maximum atomic E-state index is 13.0. The maximum Gasteiger partial charge on any atom is 0.419 e. The van der Waals surface area contributed by atoms with Crippen LogP contribution in [0.3, 0.4) is 0 Å². The van der Waals surface area contributed by atoms with E-state index >= 15 is 0 Å². The molecule has 0 aromatic heterocycles. The zero-order valence-corrected chi connectivity index (χ0v) is 11.4. The van der Waals surface area contributed by atoms with Gasteiger partial charge in [-0.15, -0.1) is 0 Å². The lowest BCUT2D eigenvalue weighted by Crippen LogP contribution is -2.16. The summed E-state index contributed by atoms with van der Waals surface area (Å²) in [4.78, 5) is 0. The van der Waals surface area contributed by atoms with Crippen molar-refractivity contribution in [2.45, 2.75) is 12.5 Å². The zero-order chi connectivity index (χ0) is 15.3. The van der Waals surface area contributed by atoms with Gasteiger partial charge in [-0.05, 0) is 18.6 Å². The first-order valence-electron chi connectivity index (χ1n) is 5.60. The summed E-state index contributed by atoms with van der Waals surface area (Å²) in [5.74, 6) is -0.402. The van der Waals surface area contributed by atoms with E-state index in [-0.39, 0.29) is 12.4 Å². The number of alkyl halides is 3. The van der Waals surface area contributed by atoms with Crippen LogP contribution in [-0.2, 0) is 20.4 Å². The minimum absolute atomic E-state index is 0.0851. The van der Waals surface area contributed by atoms with Gasteiger partial charge in [-0.1, -0.05) is 6.07 Å². The lowest BCUT2D eigenvalue weighted by Gasteiger charge is -2.23. The van der Waals surface area contributed by atoms with Crippen molar-refractivity contribution in [3.05, 3.63) is 35.7 Å². The normalized spacial score (nSPS) is 12.0. The highest BCUT2D eigenvalue weighted by atomic mass is 19.4. The Hall–Kier alpha value is -1.31. The number of benzene rings is 1. The summed E-state index contributed by atoms with van der Waals surface area (Å²) in [5, 5.41) is 0. The molecule has 1 aromatic carbocycles. The van der Waals surface area contributed by atoms with E-state index in [4.69, 9.17) is 14.2 Å². The Bertz CT molecular complexity index is 442. The van der Waals surface area contributed by atoms with Crippen molar-refractivity contribution >= 4 is 0 Å². The van der Waals surface area contributed by atoms with Gasteiger partial charge in [0.1, 0.15) is 5.75 Å². The fourth-order valence-electron chi connectivity index (χ4n) is 1.73. The molecular formula is C13H16F3O4. The summed E-state index contributed by atoms with van der Waals surface area (Å²) in [5.41, 5.74) is -0.532. The van der Waals surface area contributed by atoms with Gasteiger partial charge in [-0.2, -0.15) is 13.2 Å². The molecule has 0 bridgehead atoms. The Morgan fingerprint density at radius 2 is 1.75 bits per heavy atom. The molecule has 1 radical (unpaired) electrons. The summed E-state index contributed by atoms with van der Waals surface area (Å²) < 4.78 is 58.8. The number of rotatable bonds is 6. The van der Waals surface area contributed by atoms with Gasteiger partial charge in [0.25, 0.3) is 0 Å². The molecule has 0 spiro atoms. The van der Waals surface area contributed by atoms with E-state index in [1.54, 1.807) is 0 Å². The number of halogens is 3. The SMILES string of the molecule is [CH2]c1ccc(C(F)(F)F)c(OCOC)c1C(OC)OC. The second kappa shape index (κ2) is 6.92. The Kier molecular flexibility index (Phi) is 5.79. The summed E-state index contributed by atoms with van der Waals surface area (Å²) in [6.07, 6.45) is -5.59. The highest BCUT2D eigenvalue weighted by molar-refractivity contribution is 5.49. The van der Waals surface area contributed by atoms with Crippen molar-refractivity contribution in [2.75, 3.05) is 28.1 Å². The third-order valence-corrected chi connectivity index (χ3v) is 2.58. The van der Waals surface area contributed by atoms with E-state index in [0.29, 0.717) is 5.56 Å². The Morgan fingerprint density at radius 1 is 1.15 bits per heavy atom. The van der Waals surface area contributed by atoms with Gasteiger partial charge >= 0.3 is 6.18 Å². The van der Waals surface area contributed by atoms with E-state index in [2.05, 4.69) is 11.7 Å². The lowest BCUT2D eigenvalue weighted by molar-refractivity contribution is -0.141. The molecule has 0 N–H and O–H groups in total. The van der Waals surface area contributed by atoms with Crippen LogP contribution in [0.15, 0.2) is 12.1 Å². The average molecular weight is 293 g/mol. The Balaban J connectivity index is 3.45. The molecule has 1 aromatic rings. The van der Waals surface area contributed by atoms with Crippen LogP contribution in [0, 0.1) is 6.92 Å². The largest absolute Gasteiger partial charge is 0.466 e. The molecule has 0 saturated heterocycles. The molecule has 0 fully saturated rings. The van der Waals surface area contributed by atoms with Gasteiger partial charge < -0.3 is 18.9 Å². The third-order valence-electron chi connectivity index (χ3n) is 2.58. The fourth-order valence-corrected chi connectivity index (χ4v) is 1.73. The summed E-state index contributed by atoms with van der Waals surface area (Å²) in [6, 6.07) is 2.14. The quantitative estimate of drug-likeness (QED) is 0.755. The predicted molar refractivity (Wildman–Crippen MR) is 65.2 cm³/mol. The number of methoxy groups -OCH3 is 3. The van der Waals surface area contributed by atoms with E-state index in [9.17, 15) is 13.2 Å². The molecule has 0 unspecified atom stereocenters. The molecule has 20 heavy (non-hydrogen) atoms. The molecular weight excluding hydrogens is 277 g/mol. The molecule has 1 rings (SSSR count). The van der Waals surface area contributed by atoms with Crippen LogP contribution in [0.5, 0.6) is 5.75 Å². The van der Waals surface area contributed by atoms with Crippen molar-refractivity contribution in [2.24, 2.45) is 0 Å². The lowest BCUT2D eigenvalue weighted by atomic mass is 10.0. The fraction of sp³-hybridized carbons (Fsp3) is 0.462. The first kappa shape index (κ1) is 16.7. The third kappa shape index (κ3) is 3.62. The molecule has 0 heterocycles. The molecule has 0 aliphatic carbocycles. The van der Waals surface area contributed by atoms with E-state index in [1.807, 2.05) is 0 Å². The number of hydrogen-bond acceptors (Lipinski definition) is 4. The van der Waals surface area contributed by atoms with E-state index in [1.165, 1.54) is 27.4 Å². The van der Waals surface area contributed by atoms with Gasteiger partial charge in [0.2, 0.25) is 0 Å². The van der Waals surface area contributed by atoms with Gasteiger partial charge in [0.05, 0.1) is 11.1 Å². The highest BCUT2D eigenvalue weighted by Gasteiger charge is 2.37. The van der Waals surface area contributed by atoms with Gasteiger partial charge in [0.15, 0.2) is 13.1 Å². The van der Waals surface area contributed by atoms with Crippen LogP contribution in [0.4, 0.5) is 13.2 Å². The molecule has 0 atom stereocenters. The second-order valence-electron chi connectivity index (χ2n) is 3.87. The van der Waals surface area contributed by atoms with Gasteiger partial charge in [0, 0.05) is 21.3 Å². The van der Waals surface area contributed by atoms with Crippen molar-refractivity contribution in [1.29, 1.82) is 0 Å². The monoisotopic (exact) mass is 293 g/mol. The topological polar surface area (TPSA) is 36.9 Å². The van der Waals surface area contributed by atoms with E-state index in [0.717, 1.165) is 6.07 Å². The summed E-state index contributed by atoms with van der Waals surface area (Å²) in [7, 11) is 3.94. The van der Waals surface area contributed by atoms with Crippen LogP contribution >= 0.6 is 0 Å². The van der Waals surface area contributed by atoms with Crippen molar-refractivity contribution in [3.8, 4) is 5.75 Å². The van der Waals surface area contributed by atoms with Crippen molar-refractivity contribution in [3.63, 3.8) is 0 Å². The zero-order valence-electron chi connectivity index (χ0n) is 11.4. The van der Waals surface area contributed by atoms with Crippen LogP contribution in [-0.4, -0.2) is 28.1 Å².